The summed E-state index contributed by atoms with van der Waals surface area (Å²) in [7, 11) is 0. The number of hydrogen-bond donors (Lipinski definition) is 2. The summed E-state index contributed by atoms with van der Waals surface area (Å²) in [5.74, 6) is 3.34. The van der Waals surface area contributed by atoms with E-state index in [2.05, 4.69) is 117 Å². The van der Waals surface area contributed by atoms with E-state index in [4.69, 9.17) is 0 Å². The van der Waals surface area contributed by atoms with Gasteiger partial charge >= 0.3 is 0 Å². The van der Waals surface area contributed by atoms with E-state index < -0.39 is 5.60 Å². The first kappa shape index (κ1) is 47.7. The lowest BCUT2D eigenvalue weighted by molar-refractivity contribution is -0.115. The lowest BCUT2D eigenvalue weighted by atomic mass is 9.87. The zero-order valence-corrected chi connectivity index (χ0v) is 31.6. The Balaban J connectivity index is -0.000000246. The van der Waals surface area contributed by atoms with Crippen LogP contribution in [0.15, 0.2) is 35.5 Å². The number of allylic oxidation sites excluding steroid dienone is 4. The van der Waals surface area contributed by atoms with Crippen molar-refractivity contribution in [2.45, 2.75) is 174 Å². The van der Waals surface area contributed by atoms with Gasteiger partial charge in [-0.2, -0.15) is 0 Å². The van der Waals surface area contributed by atoms with Crippen molar-refractivity contribution < 1.29 is 15.0 Å². The van der Waals surface area contributed by atoms with Crippen LogP contribution in [0.3, 0.4) is 0 Å². The molecular weight excluding hydrogens is 516 g/mol. The highest BCUT2D eigenvalue weighted by atomic mass is 16.3. The first-order valence-corrected chi connectivity index (χ1v) is 17.3. The van der Waals surface area contributed by atoms with Gasteiger partial charge in [0.1, 0.15) is 0 Å². The topological polar surface area (TPSA) is 57.5 Å². The van der Waals surface area contributed by atoms with Crippen molar-refractivity contribution in [1.82, 2.24) is 0 Å². The number of rotatable bonds is 15. The molecule has 2 unspecified atom stereocenters. The fourth-order valence-corrected chi connectivity index (χ4v) is 4.12. The standard InChI is InChI=1S/C12H24O.C12H22O.C12H24O.C3H8/c2*1-6-11(10(4)5)8-12(13)7-9(2)3;1-6-12(13,11(4)5)9-7-8-10(2)3;1-3-2/h8-10,12-13H,6-7H2,1-5H3;8-10H,6-7H2,1-5H3;7,9-11,13H,6,8H2,1-5H3;3H2,1-2H3/b2*11-8-;9-7-;. The zero-order valence-electron chi connectivity index (χ0n) is 31.6. The number of ketones is 1. The molecule has 0 fully saturated rings. The second-order valence-corrected chi connectivity index (χ2v) is 14.0. The third-order valence-corrected chi connectivity index (χ3v) is 6.95. The molecule has 0 spiro atoms. The van der Waals surface area contributed by atoms with Crippen molar-refractivity contribution in [2.24, 2.45) is 35.5 Å². The van der Waals surface area contributed by atoms with Crippen molar-refractivity contribution in [3.63, 3.8) is 0 Å². The lowest BCUT2D eigenvalue weighted by Crippen LogP contribution is -2.31. The van der Waals surface area contributed by atoms with Crippen LogP contribution in [0.4, 0.5) is 0 Å². The van der Waals surface area contributed by atoms with Gasteiger partial charge in [0, 0.05) is 6.42 Å². The molecule has 0 saturated heterocycles. The van der Waals surface area contributed by atoms with E-state index in [1.807, 2.05) is 25.2 Å². The molecule has 0 aromatic rings. The number of aliphatic hydroxyl groups is 2. The predicted octanol–water partition coefficient (Wildman–Crippen LogP) is 11.8. The van der Waals surface area contributed by atoms with Gasteiger partial charge in [0.15, 0.2) is 5.78 Å². The van der Waals surface area contributed by atoms with E-state index in [-0.39, 0.29) is 11.9 Å². The molecule has 0 saturated carbocycles. The van der Waals surface area contributed by atoms with Gasteiger partial charge in [0.25, 0.3) is 0 Å². The molecule has 0 aliphatic heterocycles. The summed E-state index contributed by atoms with van der Waals surface area (Å²) in [5.41, 5.74) is 2.04. The third-order valence-electron chi connectivity index (χ3n) is 6.95. The zero-order chi connectivity index (χ0) is 34.1. The summed E-state index contributed by atoms with van der Waals surface area (Å²) in [4.78, 5) is 11.5. The van der Waals surface area contributed by atoms with Crippen LogP contribution in [0.2, 0.25) is 0 Å². The van der Waals surface area contributed by atoms with E-state index in [0.29, 0.717) is 41.9 Å². The highest BCUT2D eigenvalue weighted by Crippen LogP contribution is 2.23. The molecule has 0 aliphatic rings. The Morgan fingerprint density at radius 2 is 1.17 bits per heavy atom. The fourth-order valence-electron chi connectivity index (χ4n) is 4.12. The molecule has 0 heterocycles. The molecule has 0 aromatic carbocycles. The highest BCUT2D eigenvalue weighted by molar-refractivity contribution is 5.90. The van der Waals surface area contributed by atoms with Gasteiger partial charge in [0.2, 0.25) is 0 Å². The molecule has 0 rings (SSSR count). The van der Waals surface area contributed by atoms with Crippen LogP contribution in [0.25, 0.3) is 0 Å². The van der Waals surface area contributed by atoms with E-state index in [1.165, 1.54) is 17.6 Å². The number of aliphatic hydroxyl groups excluding tert-OH is 1. The number of carbonyl (C=O) groups excluding carboxylic acids is 1. The molecule has 3 heteroatoms. The van der Waals surface area contributed by atoms with E-state index in [0.717, 1.165) is 32.1 Å². The maximum Gasteiger partial charge on any atom is 0.155 e. The Bertz CT molecular complexity index is 707. The molecule has 42 heavy (non-hydrogen) atoms. The quantitative estimate of drug-likeness (QED) is 0.146. The fraction of sp³-hybridized carbons (Fsp3) is 0.821. The van der Waals surface area contributed by atoms with Crippen LogP contribution < -0.4 is 0 Å². The smallest absolute Gasteiger partial charge is 0.155 e. The summed E-state index contributed by atoms with van der Waals surface area (Å²) in [6.45, 7) is 36.1. The third kappa shape index (κ3) is 30.3. The molecule has 252 valence electrons. The van der Waals surface area contributed by atoms with Gasteiger partial charge in [-0.25, -0.2) is 0 Å². The Labute approximate surface area is 265 Å². The van der Waals surface area contributed by atoms with Gasteiger partial charge in [0.05, 0.1) is 11.7 Å². The Kier molecular flexibility index (Phi) is 32.5. The molecular formula is C39H78O3. The van der Waals surface area contributed by atoms with Crippen LogP contribution in [-0.4, -0.2) is 27.7 Å². The number of hydrogen-bond acceptors (Lipinski definition) is 3. The van der Waals surface area contributed by atoms with Crippen molar-refractivity contribution in [2.75, 3.05) is 0 Å². The van der Waals surface area contributed by atoms with Gasteiger partial charge in [-0.1, -0.05) is 153 Å². The molecule has 0 aromatic heterocycles. The van der Waals surface area contributed by atoms with Crippen molar-refractivity contribution in [1.29, 1.82) is 0 Å². The molecule has 2 atom stereocenters. The molecule has 0 aliphatic carbocycles. The minimum absolute atomic E-state index is 0.252. The summed E-state index contributed by atoms with van der Waals surface area (Å²) in [5, 5.41) is 19.8. The van der Waals surface area contributed by atoms with E-state index >= 15 is 0 Å². The van der Waals surface area contributed by atoms with Crippen LogP contribution in [0, 0.1) is 35.5 Å². The van der Waals surface area contributed by atoms with Crippen molar-refractivity contribution in [3.8, 4) is 0 Å². The normalized spacial score (nSPS) is 14.5. The minimum Gasteiger partial charge on any atom is -0.389 e. The first-order valence-electron chi connectivity index (χ1n) is 17.3. The monoisotopic (exact) mass is 595 g/mol. The maximum atomic E-state index is 11.5. The summed E-state index contributed by atoms with van der Waals surface area (Å²) < 4.78 is 0. The van der Waals surface area contributed by atoms with E-state index in [1.54, 1.807) is 0 Å². The Morgan fingerprint density at radius 1 is 0.714 bits per heavy atom. The summed E-state index contributed by atoms with van der Waals surface area (Å²) in [6, 6.07) is 0. The SMILES string of the molecule is CC/C(=C/C(=O)CC(C)C)C(C)C.CC/C(=C/C(O)CC(C)C)C(C)C.CCC.CCC(O)(/C=C\CC(C)C)C(C)C. The lowest BCUT2D eigenvalue weighted by Gasteiger charge is -2.27. The predicted molar refractivity (Wildman–Crippen MR) is 191 cm³/mol. The molecule has 2 N–H and O–H groups in total. The molecule has 0 radical (unpaired) electrons. The van der Waals surface area contributed by atoms with Gasteiger partial charge in [-0.15, -0.1) is 0 Å². The number of carbonyl (C=O) groups is 1. The van der Waals surface area contributed by atoms with E-state index in [9.17, 15) is 15.0 Å². The summed E-state index contributed by atoms with van der Waals surface area (Å²) in [6.07, 6.45) is 14.4. The van der Waals surface area contributed by atoms with Crippen LogP contribution in [0.1, 0.15) is 163 Å². The molecule has 0 bridgehead atoms. The maximum absolute atomic E-state index is 11.5. The second kappa shape index (κ2) is 28.6. The second-order valence-electron chi connectivity index (χ2n) is 14.0. The average molecular weight is 595 g/mol. The van der Waals surface area contributed by atoms with Crippen LogP contribution >= 0.6 is 0 Å². The average Bonchev–Trinajstić information content (AvgIpc) is 2.85. The highest BCUT2D eigenvalue weighted by Gasteiger charge is 2.24. The van der Waals surface area contributed by atoms with Crippen LogP contribution in [-0.2, 0) is 4.79 Å². The minimum atomic E-state index is -0.602. The van der Waals surface area contributed by atoms with Gasteiger partial charge < -0.3 is 10.2 Å². The largest absolute Gasteiger partial charge is 0.389 e. The first-order chi connectivity index (χ1) is 19.3. The van der Waals surface area contributed by atoms with Gasteiger partial charge in [-0.3, -0.25) is 4.79 Å². The molecule has 0 amide bonds. The Hall–Kier alpha value is -1.19. The summed E-state index contributed by atoms with van der Waals surface area (Å²) >= 11 is 0. The van der Waals surface area contributed by atoms with Gasteiger partial charge in [-0.05, 0) is 73.7 Å². The molecule has 3 nitrogen and oxygen atoms in total. The van der Waals surface area contributed by atoms with Crippen LogP contribution in [0.5, 0.6) is 0 Å². The van der Waals surface area contributed by atoms with Crippen molar-refractivity contribution in [3.05, 3.63) is 35.5 Å². The Morgan fingerprint density at radius 3 is 1.45 bits per heavy atom. The van der Waals surface area contributed by atoms with Crippen molar-refractivity contribution >= 4 is 5.78 Å².